The summed E-state index contributed by atoms with van der Waals surface area (Å²) in [7, 11) is 1.86. The predicted molar refractivity (Wildman–Crippen MR) is 68.3 cm³/mol. The molecule has 0 amide bonds. The van der Waals surface area contributed by atoms with E-state index in [2.05, 4.69) is 15.1 Å². The summed E-state index contributed by atoms with van der Waals surface area (Å²) in [4.78, 5) is 8.35. The number of hydrogen-bond acceptors (Lipinski definition) is 5. The number of benzene rings is 1. The number of aryl methyl sites for hydroxylation is 2. The van der Waals surface area contributed by atoms with Crippen molar-refractivity contribution in [2.45, 2.75) is 6.92 Å². The second-order valence-corrected chi connectivity index (χ2v) is 4.31. The van der Waals surface area contributed by atoms with E-state index in [0.717, 1.165) is 16.8 Å². The Balaban J connectivity index is 2.01. The first-order valence-corrected chi connectivity index (χ1v) is 5.75. The van der Waals surface area contributed by atoms with Crippen molar-refractivity contribution < 1.29 is 9.63 Å². The van der Waals surface area contributed by atoms with E-state index in [-0.39, 0.29) is 5.75 Å². The van der Waals surface area contributed by atoms with Crippen LogP contribution in [-0.2, 0) is 7.05 Å². The van der Waals surface area contributed by atoms with Gasteiger partial charge in [0.1, 0.15) is 11.4 Å². The van der Waals surface area contributed by atoms with Crippen molar-refractivity contribution in [1.82, 2.24) is 19.7 Å². The molecule has 3 aromatic rings. The summed E-state index contributed by atoms with van der Waals surface area (Å²) in [6.07, 6.45) is 3.35. The summed E-state index contributed by atoms with van der Waals surface area (Å²) < 4.78 is 7.06. The molecule has 2 aromatic heterocycles. The third-order valence-electron chi connectivity index (χ3n) is 2.92. The van der Waals surface area contributed by atoms with Gasteiger partial charge in [-0.15, -0.1) is 0 Å². The highest BCUT2D eigenvalue weighted by Crippen LogP contribution is 2.25. The number of phenolic OH excluding ortho intramolecular Hbond substituents is 1. The van der Waals surface area contributed by atoms with Crippen LogP contribution in [0.4, 0.5) is 0 Å². The molecule has 0 bridgehead atoms. The van der Waals surface area contributed by atoms with Gasteiger partial charge in [0.25, 0.3) is 5.89 Å². The van der Waals surface area contributed by atoms with E-state index in [0.29, 0.717) is 11.7 Å². The first kappa shape index (κ1) is 11.5. The van der Waals surface area contributed by atoms with Crippen LogP contribution in [0.1, 0.15) is 5.56 Å². The number of imidazole rings is 1. The Bertz CT molecular complexity index is 730. The lowest BCUT2D eigenvalue weighted by Crippen LogP contribution is -1.90. The number of hydrogen-bond donors (Lipinski definition) is 1. The first-order valence-electron chi connectivity index (χ1n) is 5.75. The molecule has 0 atom stereocenters. The smallest absolute Gasteiger partial charge is 0.258 e. The van der Waals surface area contributed by atoms with Gasteiger partial charge in [0.2, 0.25) is 5.82 Å². The molecule has 0 saturated heterocycles. The maximum Gasteiger partial charge on any atom is 0.258 e. The summed E-state index contributed by atoms with van der Waals surface area (Å²) in [5, 5.41) is 13.4. The van der Waals surface area contributed by atoms with Crippen LogP contribution in [0.15, 0.2) is 35.2 Å². The maximum absolute atomic E-state index is 9.50. The minimum atomic E-state index is 0.245. The van der Waals surface area contributed by atoms with Crippen molar-refractivity contribution in [2.75, 3.05) is 0 Å². The van der Waals surface area contributed by atoms with E-state index in [4.69, 9.17) is 4.52 Å². The third-order valence-corrected chi connectivity index (χ3v) is 2.92. The van der Waals surface area contributed by atoms with Gasteiger partial charge < -0.3 is 14.2 Å². The van der Waals surface area contributed by atoms with Gasteiger partial charge in [0, 0.05) is 12.6 Å². The highest BCUT2D eigenvalue weighted by Gasteiger charge is 2.13. The van der Waals surface area contributed by atoms with E-state index in [9.17, 15) is 5.11 Å². The molecule has 0 aliphatic rings. The van der Waals surface area contributed by atoms with Crippen LogP contribution in [0, 0.1) is 6.92 Å². The zero-order valence-corrected chi connectivity index (χ0v) is 10.5. The van der Waals surface area contributed by atoms with Crippen molar-refractivity contribution in [1.29, 1.82) is 0 Å². The molecule has 3 rings (SSSR count). The number of nitrogens with zero attached hydrogens (tertiary/aromatic N) is 4. The van der Waals surface area contributed by atoms with Gasteiger partial charge in [-0.1, -0.05) is 5.16 Å². The average Bonchev–Trinajstić information content (AvgIpc) is 3.01. The summed E-state index contributed by atoms with van der Waals surface area (Å²) in [6, 6.07) is 5.15. The standard InChI is InChI=1S/C13H12N4O2/c1-8-5-9(3-4-11(8)18)13-15-12(16-19-13)10-6-14-7-17(10)2/h3-7,18H,1-2H3. The van der Waals surface area contributed by atoms with Gasteiger partial charge in [-0.2, -0.15) is 4.98 Å². The van der Waals surface area contributed by atoms with Gasteiger partial charge in [-0.05, 0) is 30.7 Å². The van der Waals surface area contributed by atoms with Gasteiger partial charge in [0.15, 0.2) is 0 Å². The molecular weight excluding hydrogens is 244 g/mol. The summed E-state index contributed by atoms with van der Waals surface area (Å²) >= 11 is 0. The molecule has 0 aliphatic carbocycles. The Morgan fingerprint density at radius 1 is 1.32 bits per heavy atom. The van der Waals surface area contributed by atoms with Crippen LogP contribution in [0.3, 0.4) is 0 Å². The van der Waals surface area contributed by atoms with Crippen molar-refractivity contribution in [3.63, 3.8) is 0 Å². The Hall–Kier alpha value is -2.63. The monoisotopic (exact) mass is 256 g/mol. The van der Waals surface area contributed by atoms with Crippen LogP contribution < -0.4 is 0 Å². The number of phenols is 1. The number of aromatic hydroxyl groups is 1. The Labute approximate surface area is 109 Å². The van der Waals surface area contributed by atoms with E-state index in [1.165, 1.54) is 0 Å². The maximum atomic E-state index is 9.50. The van der Waals surface area contributed by atoms with Crippen LogP contribution in [0.2, 0.25) is 0 Å². The topological polar surface area (TPSA) is 77.0 Å². The Morgan fingerprint density at radius 3 is 2.84 bits per heavy atom. The fourth-order valence-electron chi connectivity index (χ4n) is 1.81. The molecule has 0 radical (unpaired) electrons. The average molecular weight is 256 g/mol. The Morgan fingerprint density at radius 2 is 2.16 bits per heavy atom. The summed E-state index contributed by atoms with van der Waals surface area (Å²) in [5.74, 6) is 1.15. The minimum absolute atomic E-state index is 0.245. The molecule has 6 heteroatoms. The van der Waals surface area contributed by atoms with E-state index in [1.54, 1.807) is 30.7 Å². The first-order chi connectivity index (χ1) is 9.15. The zero-order chi connectivity index (χ0) is 13.4. The zero-order valence-electron chi connectivity index (χ0n) is 10.5. The lowest BCUT2D eigenvalue weighted by atomic mass is 10.1. The van der Waals surface area contributed by atoms with Crippen molar-refractivity contribution >= 4 is 0 Å². The molecule has 1 N–H and O–H groups in total. The lowest BCUT2D eigenvalue weighted by molar-refractivity contribution is 0.431. The van der Waals surface area contributed by atoms with Crippen molar-refractivity contribution in [3.8, 4) is 28.7 Å². The molecule has 0 spiro atoms. The van der Waals surface area contributed by atoms with E-state index >= 15 is 0 Å². The normalized spacial score (nSPS) is 10.8. The van der Waals surface area contributed by atoms with Crippen molar-refractivity contribution in [2.24, 2.45) is 7.05 Å². The Kier molecular flexibility index (Phi) is 2.56. The second-order valence-electron chi connectivity index (χ2n) is 4.31. The van der Waals surface area contributed by atoms with Gasteiger partial charge in [0.05, 0.1) is 12.5 Å². The molecule has 96 valence electrons. The molecule has 2 heterocycles. The molecule has 0 saturated carbocycles. The molecule has 1 aromatic carbocycles. The van der Waals surface area contributed by atoms with Crippen LogP contribution >= 0.6 is 0 Å². The molecule has 6 nitrogen and oxygen atoms in total. The van der Waals surface area contributed by atoms with Crippen LogP contribution in [0.5, 0.6) is 5.75 Å². The predicted octanol–water partition coefficient (Wildman–Crippen LogP) is 2.15. The fraction of sp³-hybridized carbons (Fsp3) is 0.154. The van der Waals surface area contributed by atoms with Gasteiger partial charge in [-0.3, -0.25) is 0 Å². The highest BCUT2D eigenvalue weighted by atomic mass is 16.5. The minimum Gasteiger partial charge on any atom is -0.508 e. The van der Waals surface area contributed by atoms with E-state index < -0.39 is 0 Å². The number of aromatic nitrogens is 4. The number of rotatable bonds is 2. The molecule has 0 fully saturated rings. The van der Waals surface area contributed by atoms with Crippen LogP contribution in [-0.4, -0.2) is 24.8 Å². The quantitative estimate of drug-likeness (QED) is 0.760. The lowest BCUT2D eigenvalue weighted by Gasteiger charge is -1.99. The summed E-state index contributed by atoms with van der Waals surface area (Å²) in [5.41, 5.74) is 2.32. The van der Waals surface area contributed by atoms with Gasteiger partial charge >= 0.3 is 0 Å². The SMILES string of the molecule is Cc1cc(-c2nc(-c3cncn3C)no2)ccc1O. The third kappa shape index (κ3) is 1.97. The largest absolute Gasteiger partial charge is 0.508 e. The molecule has 0 aliphatic heterocycles. The molecule has 19 heavy (non-hydrogen) atoms. The van der Waals surface area contributed by atoms with E-state index in [1.807, 2.05) is 18.5 Å². The molecular formula is C13H12N4O2. The highest BCUT2D eigenvalue weighted by molar-refractivity contribution is 5.59. The second kappa shape index (κ2) is 4.24. The summed E-state index contributed by atoms with van der Waals surface area (Å²) in [6.45, 7) is 1.82. The van der Waals surface area contributed by atoms with Gasteiger partial charge in [-0.25, -0.2) is 4.98 Å². The van der Waals surface area contributed by atoms with Crippen LogP contribution in [0.25, 0.3) is 23.0 Å². The van der Waals surface area contributed by atoms with Crippen molar-refractivity contribution in [3.05, 3.63) is 36.3 Å². The fourth-order valence-corrected chi connectivity index (χ4v) is 1.81. The molecule has 0 unspecified atom stereocenters.